The van der Waals surface area contributed by atoms with E-state index in [-0.39, 0.29) is 10.8 Å². The fourth-order valence-electron chi connectivity index (χ4n) is 6.72. The number of halogens is 3. The largest absolute Gasteiger partial charge is 0.490 e. The van der Waals surface area contributed by atoms with Gasteiger partial charge in [0.05, 0.1) is 0 Å². The van der Waals surface area contributed by atoms with Crippen molar-refractivity contribution in [2.24, 2.45) is 28.6 Å². The van der Waals surface area contributed by atoms with Gasteiger partial charge in [-0.3, -0.25) is 4.79 Å². The van der Waals surface area contributed by atoms with Crippen LogP contribution in [-0.2, 0) is 14.3 Å². The number of carbonyl (C=O) groups excluding carboxylic acids is 2. The van der Waals surface area contributed by atoms with Crippen molar-refractivity contribution in [3.63, 3.8) is 0 Å². The fourth-order valence-corrected chi connectivity index (χ4v) is 6.72. The maximum absolute atomic E-state index is 12.5. The van der Waals surface area contributed by atoms with Crippen LogP contribution in [0.4, 0.5) is 13.2 Å². The van der Waals surface area contributed by atoms with Gasteiger partial charge >= 0.3 is 12.1 Å². The molecule has 0 heterocycles. The standard InChI is InChI=1S/C21H27F3O3/c1-19-9-7-13(27-18(26)21(22,23)24)11-12(19)3-4-14-15-5-6-17(25)20(15,2)10-8-16(14)19/h3,13-16H,4-11H2,1-2H3/t13-,14-,15-,16-,19+,20-/m1/s1. The van der Waals surface area contributed by atoms with Crippen molar-refractivity contribution in [2.75, 3.05) is 0 Å². The van der Waals surface area contributed by atoms with Gasteiger partial charge in [-0.1, -0.05) is 25.5 Å². The predicted molar refractivity (Wildman–Crippen MR) is 92.6 cm³/mol. The Morgan fingerprint density at radius 1 is 1.11 bits per heavy atom. The van der Waals surface area contributed by atoms with Crippen LogP contribution < -0.4 is 0 Å². The van der Waals surface area contributed by atoms with E-state index in [1.807, 2.05) is 0 Å². The third-order valence-electron chi connectivity index (χ3n) is 8.27. The molecule has 0 aromatic carbocycles. The molecule has 0 saturated heterocycles. The lowest BCUT2D eigenvalue weighted by Gasteiger charge is -2.56. The average Bonchev–Trinajstić information content (AvgIpc) is 2.89. The Balaban J connectivity index is 1.53. The van der Waals surface area contributed by atoms with Crippen molar-refractivity contribution in [1.29, 1.82) is 0 Å². The fraction of sp³-hybridized carbons (Fsp3) is 0.810. The molecular weight excluding hydrogens is 357 g/mol. The van der Waals surface area contributed by atoms with Gasteiger partial charge in [0.15, 0.2) is 0 Å². The number of alkyl halides is 3. The van der Waals surface area contributed by atoms with E-state index < -0.39 is 18.2 Å². The molecular formula is C21H27F3O3. The van der Waals surface area contributed by atoms with Gasteiger partial charge in [0, 0.05) is 18.3 Å². The normalized spacial score (nSPS) is 44.0. The van der Waals surface area contributed by atoms with Gasteiger partial charge < -0.3 is 4.74 Å². The SMILES string of the molecule is C[C@@]12CC[C@@H]3[C@H](CC=C4C[C@H](OC(=O)C(F)(F)F)CC[C@@]43C)[C@H]1CCC2=O. The lowest BCUT2D eigenvalue weighted by molar-refractivity contribution is -0.206. The van der Waals surface area contributed by atoms with E-state index >= 15 is 0 Å². The minimum absolute atomic E-state index is 0.0446. The predicted octanol–water partition coefficient (Wildman–Crippen LogP) is 4.99. The number of rotatable bonds is 1. The molecule has 6 heteroatoms. The van der Waals surface area contributed by atoms with Crippen molar-refractivity contribution in [3.8, 4) is 0 Å². The summed E-state index contributed by atoms with van der Waals surface area (Å²) in [5, 5.41) is 0. The Kier molecular flexibility index (Phi) is 4.28. The maximum atomic E-state index is 12.5. The van der Waals surface area contributed by atoms with E-state index in [0.29, 0.717) is 42.8 Å². The molecule has 150 valence electrons. The molecule has 0 aromatic heterocycles. The Morgan fingerprint density at radius 3 is 2.48 bits per heavy atom. The molecule has 3 nitrogen and oxygen atoms in total. The third kappa shape index (κ3) is 2.85. The minimum Gasteiger partial charge on any atom is -0.455 e. The second-order valence-electron chi connectivity index (χ2n) is 9.45. The Labute approximate surface area is 157 Å². The summed E-state index contributed by atoms with van der Waals surface area (Å²) in [5.41, 5.74) is 0.933. The molecule has 0 unspecified atom stereocenters. The Morgan fingerprint density at radius 2 is 1.78 bits per heavy atom. The number of ketones is 1. The summed E-state index contributed by atoms with van der Waals surface area (Å²) < 4.78 is 42.3. The molecule has 0 N–H and O–H groups in total. The zero-order chi connectivity index (χ0) is 19.6. The third-order valence-corrected chi connectivity index (χ3v) is 8.27. The minimum atomic E-state index is -4.93. The van der Waals surface area contributed by atoms with Gasteiger partial charge in [0.25, 0.3) is 0 Å². The first-order chi connectivity index (χ1) is 12.6. The summed E-state index contributed by atoms with van der Waals surface area (Å²) in [6, 6.07) is 0. The number of hydrogen-bond acceptors (Lipinski definition) is 3. The number of hydrogen-bond donors (Lipinski definition) is 0. The Bertz CT molecular complexity index is 697. The van der Waals surface area contributed by atoms with Crippen LogP contribution >= 0.6 is 0 Å². The van der Waals surface area contributed by atoms with Crippen LogP contribution in [0.2, 0.25) is 0 Å². The highest BCUT2D eigenvalue weighted by atomic mass is 19.4. The molecule has 27 heavy (non-hydrogen) atoms. The molecule has 0 amide bonds. The van der Waals surface area contributed by atoms with Crippen molar-refractivity contribution >= 4 is 11.8 Å². The summed E-state index contributed by atoms with van der Waals surface area (Å²) >= 11 is 0. The van der Waals surface area contributed by atoms with Crippen molar-refractivity contribution in [2.45, 2.75) is 77.5 Å². The molecule has 0 aromatic rings. The van der Waals surface area contributed by atoms with Crippen molar-refractivity contribution in [1.82, 2.24) is 0 Å². The topological polar surface area (TPSA) is 43.4 Å². The van der Waals surface area contributed by atoms with Crippen LogP contribution in [0.3, 0.4) is 0 Å². The zero-order valence-corrected chi connectivity index (χ0v) is 15.9. The number of Topliss-reactive ketones (excluding diaryl/α,β-unsaturated/α-hetero) is 1. The molecule has 0 radical (unpaired) electrons. The summed E-state index contributed by atoms with van der Waals surface area (Å²) in [4.78, 5) is 23.6. The highest BCUT2D eigenvalue weighted by Gasteiger charge is 2.58. The van der Waals surface area contributed by atoms with Crippen LogP contribution in [0, 0.1) is 28.6 Å². The van der Waals surface area contributed by atoms with Gasteiger partial charge in [0.2, 0.25) is 0 Å². The molecule has 0 spiro atoms. The maximum Gasteiger partial charge on any atom is 0.490 e. The van der Waals surface area contributed by atoms with E-state index in [4.69, 9.17) is 4.74 Å². The summed E-state index contributed by atoms with van der Waals surface area (Å²) in [6.07, 6.45) is 2.67. The highest BCUT2D eigenvalue weighted by molar-refractivity contribution is 5.87. The van der Waals surface area contributed by atoms with Gasteiger partial charge in [-0.25, -0.2) is 4.79 Å². The Hall–Kier alpha value is -1.33. The second-order valence-corrected chi connectivity index (χ2v) is 9.45. The van der Waals surface area contributed by atoms with Crippen LogP contribution in [0.5, 0.6) is 0 Å². The van der Waals surface area contributed by atoms with E-state index in [2.05, 4.69) is 19.9 Å². The number of carbonyl (C=O) groups is 2. The van der Waals surface area contributed by atoms with Gasteiger partial charge in [-0.05, 0) is 61.7 Å². The van der Waals surface area contributed by atoms with Crippen LogP contribution in [-0.4, -0.2) is 24.0 Å². The van der Waals surface area contributed by atoms with Crippen LogP contribution in [0.1, 0.15) is 65.2 Å². The van der Waals surface area contributed by atoms with Crippen molar-refractivity contribution in [3.05, 3.63) is 11.6 Å². The number of allylic oxidation sites excluding steroid dienone is 1. The molecule has 3 saturated carbocycles. The van der Waals surface area contributed by atoms with E-state index in [9.17, 15) is 22.8 Å². The molecule has 0 aliphatic heterocycles. The monoisotopic (exact) mass is 384 g/mol. The molecule has 6 atom stereocenters. The van der Waals surface area contributed by atoms with Gasteiger partial charge in [0.1, 0.15) is 11.9 Å². The summed E-state index contributed by atoms with van der Waals surface area (Å²) in [7, 11) is 0. The quantitative estimate of drug-likeness (QED) is 0.472. The first-order valence-corrected chi connectivity index (χ1v) is 10.1. The lowest BCUT2D eigenvalue weighted by atomic mass is 9.48. The smallest absolute Gasteiger partial charge is 0.455 e. The van der Waals surface area contributed by atoms with Gasteiger partial charge in [-0.2, -0.15) is 13.2 Å². The second kappa shape index (κ2) is 6.08. The zero-order valence-electron chi connectivity index (χ0n) is 15.9. The van der Waals surface area contributed by atoms with E-state index in [0.717, 1.165) is 37.7 Å². The highest BCUT2D eigenvalue weighted by Crippen LogP contribution is 2.64. The number of fused-ring (bicyclic) bond motifs is 5. The van der Waals surface area contributed by atoms with Crippen LogP contribution in [0.25, 0.3) is 0 Å². The average molecular weight is 384 g/mol. The molecule has 4 aliphatic carbocycles. The molecule has 3 fully saturated rings. The summed E-state index contributed by atoms with van der Waals surface area (Å²) in [5.74, 6) is -0.282. The van der Waals surface area contributed by atoms with Crippen molar-refractivity contribution < 1.29 is 27.5 Å². The molecule has 4 aliphatic rings. The number of ether oxygens (including phenoxy) is 1. The lowest BCUT2D eigenvalue weighted by Crippen LogP contribution is -2.50. The first kappa shape index (κ1) is 19.0. The number of esters is 1. The van der Waals surface area contributed by atoms with E-state index in [1.54, 1.807) is 0 Å². The molecule has 4 rings (SSSR count). The first-order valence-electron chi connectivity index (χ1n) is 10.1. The van der Waals surface area contributed by atoms with Crippen LogP contribution in [0.15, 0.2) is 11.6 Å². The molecule has 0 bridgehead atoms. The summed E-state index contributed by atoms with van der Waals surface area (Å²) in [6.45, 7) is 4.37. The van der Waals surface area contributed by atoms with E-state index in [1.165, 1.54) is 0 Å². The van der Waals surface area contributed by atoms with Gasteiger partial charge in [-0.15, -0.1) is 0 Å².